The van der Waals surface area contributed by atoms with Crippen molar-refractivity contribution < 1.29 is 14.3 Å². The number of nitrogens with one attached hydrogen (secondary N) is 1. The zero-order valence-electron chi connectivity index (χ0n) is 17.9. The van der Waals surface area contributed by atoms with Crippen LogP contribution in [0.5, 0.6) is 5.75 Å². The molecule has 1 fully saturated rings. The van der Waals surface area contributed by atoms with Crippen LogP contribution >= 0.6 is 11.6 Å². The minimum atomic E-state index is -0.380. The van der Waals surface area contributed by atoms with Gasteiger partial charge in [-0.3, -0.25) is 14.0 Å². The van der Waals surface area contributed by atoms with Crippen LogP contribution in [-0.2, 0) is 4.79 Å². The van der Waals surface area contributed by atoms with E-state index in [1.807, 2.05) is 36.3 Å². The third-order valence-electron chi connectivity index (χ3n) is 5.41. The Morgan fingerprint density at radius 1 is 1.16 bits per heavy atom. The molecule has 0 spiro atoms. The summed E-state index contributed by atoms with van der Waals surface area (Å²) in [7, 11) is 3.55. The summed E-state index contributed by atoms with van der Waals surface area (Å²) in [6, 6.07) is 10.6. The van der Waals surface area contributed by atoms with Gasteiger partial charge in [0, 0.05) is 44.0 Å². The number of hydrogen-bond donors (Lipinski definition) is 1. The van der Waals surface area contributed by atoms with Crippen LogP contribution in [0.25, 0.3) is 11.7 Å². The number of pyridine rings is 1. The molecule has 0 aliphatic carbocycles. The topological polar surface area (TPSA) is 79.2 Å². The fourth-order valence-corrected chi connectivity index (χ4v) is 3.84. The summed E-state index contributed by atoms with van der Waals surface area (Å²) in [5.74, 6) is 0.0215. The number of amides is 2. The number of imidazole rings is 1. The highest BCUT2D eigenvalue weighted by Crippen LogP contribution is 2.27. The van der Waals surface area contributed by atoms with E-state index >= 15 is 0 Å². The van der Waals surface area contributed by atoms with Crippen molar-refractivity contribution in [1.82, 2.24) is 19.2 Å². The molecular weight excluding hydrogens is 430 g/mol. The summed E-state index contributed by atoms with van der Waals surface area (Å²) in [5, 5.41) is 3.10. The van der Waals surface area contributed by atoms with Crippen molar-refractivity contribution in [3.63, 3.8) is 0 Å². The zero-order chi connectivity index (χ0) is 22.7. The van der Waals surface area contributed by atoms with Crippen molar-refractivity contribution in [2.75, 3.05) is 45.7 Å². The van der Waals surface area contributed by atoms with Crippen molar-refractivity contribution in [3.05, 3.63) is 65.1 Å². The number of aromatic nitrogens is 2. The predicted octanol–water partition coefficient (Wildman–Crippen LogP) is 3.04. The molecule has 2 amide bonds. The summed E-state index contributed by atoms with van der Waals surface area (Å²) < 4.78 is 7.16. The van der Waals surface area contributed by atoms with Crippen molar-refractivity contribution in [1.29, 1.82) is 0 Å². The van der Waals surface area contributed by atoms with E-state index in [-0.39, 0.29) is 11.8 Å². The first-order chi connectivity index (χ1) is 15.5. The Morgan fingerprint density at radius 3 is 2.69 bits per heavy atom. The minimum Gasteiger partial charge on any atom is -0.495 e. The predicted molar refractivity (Wildman–Crippen MR) is 124 cm³/mol. The lowest BCUT2D eigenvalue weighted by molar-refractivity contribution is -0.111. The molecule has 9 heteroatoms. The number of nitrogens with zero attached hydrogens (tertiary/aromatic N) is 4. The molecular formula is C23H24ClN5O3. The van der Waals surface area contributed by atoms with Gasteiger partial charge in [-0.1, -0.05) is 17.7 Å². The van der Waals surface area contributed by atoms with Crippen molar-refractivity contribution in [3.8, 4) is 5.75 Å². The van der Waals surface area contributed by atoms with E-state index in [0.29, 0.717) is 46.6 Å². The largest absolute Gasteiger partial charge is 0.495 e. The van der Waals surface area contributed by atoms with Crippen LogP contribution in [-0.4, -0.2) is 71.3 Å². The van der Waals surface area contributed by atoms with Gasteiger partial charge in [-0.15, -0.1) is 0 Å². The van der Waals surface area contributed by atoms with Crippen LogP contribution in [0.15, 0.2) is 48.7 Å². The highest BCUT2D eigenvalue weighted by molar-refractivity contribution is 6.31. The van der Waals surface area contributed by atoms with Crippen molar-refractivity contribution >= 4 is 40.8 Å². The van der Waals surface area contributed by atoms with Crippen LogP contribution in [0.4, 0.5) is 5.69 Å². The summed E-state index contributed by atoms with van der Waals surface area (Å²) in [5.41, 5.74) is 2.21. The van der Waals surface area contributed by atoms with Gasteiger partial charge in [0.2, 0.25) is 5.91 Å². The molecule has 0 saturated carbocycles. The Kier molecular flexibility index (Phi) is 6.43. The number of carbonyl (C=O) groups is 2. The van der Waals surface area contributed by atoms with Gasteiger partial charge in [0.05, 0.1) is 18.5 Å². The number of hydrogen-bond acceptors (Lipinski definition) is 5. The molecule has 8 nitrogen and oxygen atoms in total. The first-order valence-corrected chi connectivity index (χ1v) is 10.6. The Bertz CT molecular complexity index is 1180. The van der Waals surface area contributed by atoms with E-state index in [2.05, 4.69) is 15.2 Å². The second kappa shape index (κ2) is 9.42. The number of fused-ring (bicyclic) bond motifs is 1. The number of likely N-dealkylation sites (N-methyl/N-ethyl adjacent to an activating group) is 1. The number of benzene rings is 1. The van der Waals surface area contributed by atoms with Crippen LogP contribution in [0.3, 0.4) is 0 Å². The third kappa shape index (κ3) is 4.61. The number of halogens is 1. The van der Waals surface area contributed by atoms with Gasteiger partial charge in [-0.05, 0) is 43.5 Å². The normalized spacial score (nSPS) is 14.8. The molecule has 1 N–H and O–H groups in total. The van der Waals surface area contributed by atoms with Crippen LogP contribution in [0.2, 0.25) is 5.15 Å². The number of anilines is 1. The van der Waals surface area contributed by atoms with Gasteiger partial charge in [0.15, 0.2) is 5.15 Å². The van der Waals surface area contributed by atoms with Crippen molar-refractivity contribution in [2.45, 2.75) is 0 Å². The first-order valence-electron chi connectivity index (χ1n) is 10.2. The molecule has 4 rings (SSSR count). The fourth-order valence-electron chi connectivity index (χ4n) is 3.60. The van der Waals surface area contributed by atoms with Crippen molar-refractivity contribution in [2.24, 2.45) is 0 Å². The lowest BCUT2D eigenvalue weighted by atomic mass is 10.1. The monoisotopic (exact) mass is 453 g/mol. The number of carbonyl (C=O) groups excluding carboxylic acids is 2. The SMILES string of the molecule is COc1ccc(C(=O)N2CCN(C)CC2)cc1NC(=O)/C=C/c1c(Cl)nc2ccccn12. The molecule has 3 aromatic rings. The number of ether oxygens (including phenoxy) is 1. The first kappa shape index (κ1) is 21.9. The van der Waals surface area contributed by atoms with E-state index in [0.717, 1.165) is 13.1 Å². The van der Waals surface area contributed by atoms with E-state index in [4.69, 9.17) is 16.3 Å². The van der Waals surface area contributed by atoms with E-state index in [1.165, 1.54) is 13.2 Å². The van der Waals surface area contributed by atoms with Crippen LogP contribution in [0, 0.1) is 0 Å². The fraction of sp³-hybridized carbons (Fsp3) is 0.261. The lowest BCUT2D eigenvalue weighted by Gasteiger charge is -2.32. The molecule has 0 radical (unpaired) electrons. The van der Waals surface area contributed by atoms with Gasteiger partial charge < -0.3 is 19.9 Å². The van der Waals surface area contributed by atoms with Gasteiger partial charge >= 0.3 is 0 Å². The van der Waals surface area contributed by atoms with Gasteiger partial charge in [0.1, 0.15) is 11.4 Å². The molecule has 0 atom stereocenters. The Hall–Kier alpha value is -3.36. The summed E-state index contributed by atoms with van der Waals surface area (Å²) in [6.45, 7) is 3.02. The minimum absolute atomic E-state index is 0.0655. The van der Waals surface area contributed by atoms with Gasteiger partial charge in [-0.25, -0.2) is 4.98 Å². The summed E-state index contributed by atoms with van der Waals surface area (Å²) >= 11 is 6.22. The highest BCUT2D eigenvalue weighted by atomic mass is 35.5. The van der Waals surface area contributed by atoms with Crippen LogP contribution < -0.4 is 10.1 Å². The Morgan fingerprint density at radius 2 is 1.94 bits per heavy atom. The molecule has 0 unspecified atom stereocenters. The number of piperazine rings is 1. The van der Waals surface area contributed by atoms with E-state index in [1.54, 1.807) is 28.7 Å². The molecule has 3 heterocycles. The standard InChI is InChI=1S/C23H24ClN5O3/c1-27-11-13-28(14-12-27)23(31)16-6-8-19(32-2)17(15-16)25-21(30)9-7-18-22(24)26-20-5-3-4-10-29(18)20/h3-10,15H,11-14H2,1-2H3,(H,25,30)/b9-7+. The second-order valence-corrected chi connectivity index (χ2v) is 7.91. The average molecular weight is 454 g/mol. The van der Waals surface area contributed by atoms with E-state index in [9.17, 15) is 9.59 Å². The van der Waals surface area contributed by atoms with Gasteiger partial charge in [0.25, 0.3) is 5.91 Å². The number of methoxy groups -OCH3 is 1. The molecule has 1 saturated heterocycles. The maximum absolute atomic E-state index is 12.9. The summed E-state index contributed by atoms with van der Waals surface area (Å²) in [6.07, 6.45) is 4.79. The summed E-state index contributed by atoms with van der Waals surface area (Å²) in [4.78, 5) is 33.8. The second-order valence-electron chi connectivity index (χ2n) is 7.55. The van der Waals surface area contributed by atoms with E-state index < -0.39 is 0 Å². The molecule has 0 bridgehead atoms. The quantitative estimate of drug-likeness (QED) is 0.601. The maximum Gasteiger partial charge on any atom is 0.254 e. The maximum atomic E-state index is 12.9. The molecule has 32 heavy (non-hydrogen) atoms. The average Bonchev–Trinajstić information content (AvgIpc) is 3.12. The smallest absolute Gasteiger partial charge is 0.254 e. The zero-order valence-corrected chi connectivity index (χ0v) is 18.7. The van der Waals surface area contributed by atoms with Crippen LogP contribution in [0.1, 0.15) is 16.1 Å². The molecule has 1 aliphatic heterocycles. The third-order valence-corrected chi connectivity index (χ3v) is 5.69. The Balaban J connectivity index is 1.52. The Labute approximate surface area is 191 Å². The molecule has 2 aromatic heterocycles. The molecule has 1 aromatic carbocycles. The number of rotatable bonds is 5. The molecule has 1 aliphatic rings. The van der Waals surface area contributed by atoms with Gasteiger partial charge in [-0.2, -0.15) is 0 Å². The lowest BCUT2D eigenvalue weighted by Crippen LogP contribution is -2.47. The molecule has 166 valence electrons. The highest BCUT2D eigenvalue weighted by Gasteiger charge is 2.21.